The van der Waals surface area contributed by atoms with Gasteiger partial charge < -0.3 is 174 Å². The first-order valence-corrected chi connectivity index (χ1v) is 34.6. The lowest BCUT2D eigenvalue weighted by Gasteiger charge is -2.48. The molecule has 0 unspecified atom stereocenters. The summed E-state index contributed by atoms with van der Waals surface area (Å²) in [6.45, 7) is -0.609. The summed E-state index contributed by atoms with van der Waals surface area (Å²) in [5, 5.41) is 180. The monoisotopic (exact) mass is 1580 g/mol. The van der Waals surface area contributed by atoms with Gasteiger partial charge in [-0.05, 0) is 47.0 Å². The Hall–Kier alpha value is -8.48. The maximum absolute atomic E-state index is 15.2. The van der Waals surface area contributed by atoms with Crippen molar-refractivity contribution in [1.82, 2.24) is 68.0 Å². The number of amides is 11. The molecule has 0 spiro atoms. The fourth-order valence-corrected chi connectivity index (χ4v) is 11.9. The van der Waals surface area contributed by atoms with Gasteiger partial charge in [0.15, 0.2) is 18.9 Å². The maximum Gasteiger partial charge on any atom is 0.322 e. The minimum Gasteiger partial charge on any atom is -0.481 e. The average molecular weight is 1590 g/mol. The molecule has 28 N–H and O–H groups in total. The van der Waals surface area contributed by atoms with Crippen LogP contribution < -0.4 is 58.9 Å². The van der Waals surface area contributed by atoms with Crippen molar-refractivity contribution in [2.75, 3.05) is 46.1 Å². The van der Waals surface area contributed by atoms with E-state index in [1.165, 1.54) is 6.20 Å². The van der Waals surface area contributed by atoms with Crippen LogP contribution in [-0.4, -0.2) is 385 Å². The second kappa shape index (κ2) is 42.8. The lowest BCUT2D eigenvalue weighted by molar-refractivity contribution is -0.352. The maximum atomic E-state index is 15.2. The predicted octanol–water partition coefficient (Wildman–Crippen LogP) is -16.0. The molecule has 0 saturated carbocycles. The van der Waals surface area contributed by atoms with Crippen molar-refractivity contribution in [1.29, 1.82) is 0 Å². The summed E-state index contributed by atoms with van der Waals surface area (Å²) in [6, 6.07) is -20.9. The molecule has 11 amide bonds. The number of carboxylic acids is 2. The van der Waals surface area contributed by atoms with Crippen LogP contribution in [0.2, 0.25) is 0 Å². The van der Waals surface area contributed by atoms with Gasteiger partial charge in [-0.2, -0.15) is 0 Å². The molecular weight excluding hydrogens is 1480 g/mol. The van der Waals surface area contributed by atoms with Gasteiger partial charge in [0, 0.05) is 45.1 Å². The number of aliphatic hydroxyl groups excluding tert-OH is 13. The van der Waals surface area contributed by atoms with Crippen LogP contribution in [0.1, 0.15) is 72.9 Å². The number of nitrogens with zero attached hydrogens (tertiary/aromatic N) is 2. The number of ether oxygens (including phenoxy) is 6. The van der Waals surface area contributed by atoms with E-state index in [0.29, 0.717) is 0 Å². The number of hydrogen-bond donors (Lipinski definition) is 27. The molecule has 4 saturated heterocycles. The molecule has 4 aliphatic heterocycles. The van der Waals surface area contributed by atoms with Gasteiger partial charge in [-0.25, -0.2) is 4.98 Å². The lowest BCUT2D eigenvalue weighted by Crippen LogP contribution is -2.69. The van der Waals surface area contributed by atoms with Gasteiger partial charge in [0.2, 0.25) is 65.0 Å². The van der Waals surface area contributed by atoms with Gasteiger partial charge in [0.1, 0.15) is 134 Å². The Kier molecular flexibility index (Phi) is 35.8. The fourth-order valence-electron chi connectivity index (χ4n) is 11.9. The number of likely N-dealkylation sites (tertiary alicyclic amines) is 1. The third kappa shape index (κ3) is 25.3. The zero-order valence-electron chi connectivity index (χ0n) is 60.2. The van der Waals surface area contributed by atoms with E-state index < -0.39 is 307 Å². The molecule has 5 rings (SSSR count). The smallest absolute Gasteiger partial charge is 0.322 e. The van der Waals surface area contributed by atoms with Gasteiger partial charge in [-0.1, -0.05) is 0 Å². The Bertz CT molecular complexity index is 3290. The van der Waals surface area contributed by atoms with Gasteiger partial charge >= 0.3 is 11.9 Å². The number of carbonyl (C=O) groups excluding carboxylic acids is 11. The van der Waals surface area contributed by atoms with Crippen LogP contribution in [0.3, 0.4) is 0 Å². The third-order valence-electron chi connectivity index (χ3n) is 18.0. The topological polar surface area (TPSA) is 759 Å². The number of carbonyl (C=O) groups is 13. The van der Waals surface area contributed by atoms with Gasteiger partial charge in [0.25, 0.3) is 0 Å². The Balaban J connectivity index is 1.48. The van der Waals surface area contributed by atoms with E-state index in [-0.39, 0.29) is 25.1 Å². The number of carboxylic acid groups (broad SMARTS) is 2. The molecule has 110 heavy (non-hydrogen) atoms. The van der Waals surface area contributed by atoms with Gasteiger partial charge in [0.05, 0.1) is 63.8 Å². The first-order valence-electron chi connectivity index (χ1n) is 34.6. The number of imidazole rings is 1. The standard InChI is InChI=1S/C62H100N14O34/c1-21(81)38(63)56(101)69-28(9-10-36(86)87)51(96)73-40(23(3)83)58(103)74-39(22(2)82)57(102)72-30(15-77)53(98)70-29(12-27-13-64-20-66-27)52(97)71-31(16-78)54(99)75-41(59(104)76-11-7-8-32(76)55(100)65-14-37(88)89)24(4)106-61-43(68-26(6)85)50(110-62-49(95)48(94)45(91)34(18-80)108-62)46(92)35(109-61)19-105-60-42(67-25(5)84)47(93)44(90)33(17-79)107-60/h13,20-24,28-35,38-50,60-62,77-83,90-95H,7-12,14-19,63H2,1-6H3,(H,64,66)(H,65,100)(H,67,84)(H,68,85)(H,69,101)(H,70,98)(H,71,97)(H,72,102)(H,73,96)(H,74,103)(H,75,99)(H,86,87)(H,88,89)/t21-,22-,23-,24+,28+,29+,30+,31+,32+,33-,34-,35-,38+,39-,40+,41+,42-,43-,44-,45+,46+,47-,48+,49-,50-,60-,61+,62+/m1/s1. The van der Waals surface area contributed by atoms with Gasteiger partial charge in [-0.15, -0.1) is 0 Å². The molecule has 0 aromatic carbocycles. The van der Waals surface area contributed by atoms with Crippen LogP contribution in [0.5, 0.6) is 0 Å². The normalized spacial score (nSPS) is 28.7. The van der Waals surface area contributed by atoms with Crippen LogP contribution >= 0.6 is 0 Å². The van der Waals surface area contributed by atoms with Crippen LogP contribution in [0.25, 0.3) is 0 Å². The Morgan fingerprint density at radius 3 is 1.62 bits per heavy atom. The Morgan fingerprint density at radius 1 is 0.582 bits per heavy atom. The third-order valence-corrected chi connectivity index (χ3v) is 18.0. The van der Waals surface area contributed by atoms with E-state index in [1.54, 1.807) is 0 Å². The van der Waals surface area contributed by atoms with Crippen LogP contribution in [0.4, 0.5) is 0 Å². The van der Waals surface area contributed by atoms with Gasteiger partial charge in [-0.3, -0.25) is 62.3 Å². The molecule has 1 aromatic rings. The van der Waals surface area contributed by atoms with Crippen LogP contribution in [0, 0.1) is 0 Å². The molecule has 48 nitrogen and oxygen atoms in total. The summed E-state index contributed by atoms with van der Waals surface area (Å²) in [5.41, 5.74) is 5.73. The Morgan fingerprint density at radius 2 is 1.08 bits per heavy atom. The average Bonchev–Trinajstić information content (AvgIpc) is 0.869. The van der Waals surface area contributed by atoms with Crippen molar-refractivity contribution in [3.05, 3.63) is 18.2 Å². The molecule has 0 radical (unpaired) electrons. The summed E-state index contributed by atoms with van der Waals surface area (Å²) < 4.78 is 35.8. The first kappa shape index (κ1) is 92.1. The van der Waals surface area contributed by atoms with Crippen molar-refractivity contribution >= 4 is 76.9 Å². The van der Waals surface area contributed by atoms with E-state index in [2.05, 4.69) is 63.1 Å². The minimum atomic E-state index is -2.20. The number of aromatic amines is 1. The molecule has 4 aliphatic rings. The van der Waals surface area contributed by atoms with Crippen LogP contribution in [0.15, 0.2) is 12.5 Å². The highest BCUT2D eigenvalue weighted by Gasteiger charge is 2.55. The molecule has 48 heteroatoms. The van der Waals surface area contributed by atoms with Crippen molar-refractivity contribution in [2.45, 2.75) is 244 Å². The summed E-state index contributed by atoms with van der Waals surface area (Å²) in [7, 11) is 0. The predicted molar refractivity (Wildman–Crippen MR) is 358 cm³/mol. The van der Waals surface area contributed by atoms with Crippen LogP contribution in [-0.2, 0) is 97.2 Å². The molecule has 0 bridgehead atoms. The highest BCUT2D eigenvalue weighted by Crippen LogP contribution is 2.33. The number of H-pyrrole nitrogens is 1. The highest BCUT2D eigenvalue weighted by atomic mass is 16.7. The van der Waals surface area contributed by atoms with Crippen molar-refractivity contribution in [2.24, 2.45) is 5.73 Å². The molecular formula is C62H100N14O34. The molecule has 28 atom stereocenters. The zero-order valence-corrected chi connectivity index (χ0v) is 60.2. The summed E-state index contributed by atoms with van der Waals surface area (Å²) in [4.78, 5) is 182. The molecule has 4 fully saturated rings. The summed E-state index contributed by atoms with van der Waals surface area (Å²) in [6.07, 6.45) is -32.2. The second-order valence-electron chi connectivity index (χ2n) is 26.5. The molecule has 5 heterocycles. The molecule has 0 aliphatic carbocycles. The number of aromatic nitrogens is 2. The van der Waals surface area contributed by atoms with E-state index in [9.17, 15) is 134 Å². The summed E-state index contributed by atoms with van der Waals surface area (Å²) in [5.74, 6) is -16.3. The van der Waals surface area contributed by atoms with Crippen molar-refractivity contribution in [3.63, 3.8) is 0 Å². The van der Waals surface area contributed by atoms with E-state index >= 15 is 4.79 Å². The number of nitrogens with two attached hydrogens (primary N) is 1. The highest BCUT2D eigenvalue weighted by molar-refractivity contribution is 5.99. The van der Waals surface area contributed by atoms with Crippen molar-refractivity contribution in [3.8, 4) is 0 Å². The Labute approximate surface area is 625 Å². The zero-order chi connectivity index (χ0) is 82.5. The van der Waals surface area contributed by atoms with E-state index in [0.717, 1.165) is 52.8 Å². The number of aliphatic hydroxyl groups is 13. The largest absolute Gasteiger partial charge is 0.481 e. The number of aliphatic carboxylic acids is 2. The molecule has 622 valence electrons. The number of hydrogen-bond acceptors (Lipinski definition) is 34. The van der Waals surface area contributed by atoms with E-state index in [1.807, 2.05) is 0 Å². The summed E-state index contributed by atoms with van der Waals surface area (Å²) >= 11 is 0. The molecule has 1 aromatic heterocycles. The van der Waals surface area contributed by atoms with Crippen molar-refractivity contribution < 1.29 is 167 Å². The minimum absolute atomic E-state index is 0.0688. The first-order chi connectivity index (χ1) is 51.7. The number of nitrogens with one attached hydrogen (secondary N) is 11. The van der Waals surface area contributed by atoms with E-state index in [4.69, 9.17) is 34.2 Å². The SMILES string of the molecule is CC(=O)N[C@H]1[C@H](OC[C@H]2O[C@H](O[C@@H](C)[C@H](NC(=O)[C@H](CO)NC(=O)[C@H](Cc3cnc[nH]3)NC(=O)[C@H](CO)NC(=O)[C@H](NC(=O)[C@@H](NC(=O)[C@H](CCC(=O)O)NC(=O)[C@@H](N)[C@@H](C)O)[C@@H](C)O)[C@@H](C)O)C(=O)N3CCC[C@H]3C(=O)NCC(=O)O)[C@H](NC(C)=O)[C@@H](O[C@@H]3O[C@H](CO)[C@H](O)[C@H](O)[C@H]3O)[C@H]2O)O[C@H](CO)[C@@H](O)[C@@H]1O. The lowest BCUT2D eigenvalue weighted by atomic mass is 9.94. The number of rotatable bonds is 40. The fraction of sp³-hybridized carbons (Fsp3) is 0.742. The second-order valence-corrected chi connectivity index (χ2v) is 26.5. The quantitative estimate of drug-likeness (QED) is 0.0290.